The van der Waals surface area contributed by atoms with Gasteiger partial charge in [-0.05, 0) is 177 Å². The summed E-state index contributed by atoms with van der Waals surface area (Å²) < 4.78 is 0. The Morgan fingerprint density at radius 1 is 0.416 bits per heavy atom. The van der Waals surface area contributed by atoms with Crippen molar-refractivity contribution in [1.82, 2.24) is 4.98 Å². The van der Waals surface area contributed by atoms with Gasteiger partial charge in [0.15, 0.2) is 0 Å². The molecule has 0 radical (unpaired) electrons. The molecule has 0 saturated carbocycles. The average molecular weight is 2000 g/mol. The van der Waals surface area contributed by atoms with Crippen LogP contribution in [0, 0.1) is 30.6 Å². The summed E-state index contributed by atoms with van der Waals surface area (Å²) in [5.41, 5.74) is 23.2. The Balaban J connectivity index is -0.0000000331. The Hall–Kier alpha value is -4.62. The highest BCUT2D eigenvalue weighted by molar-refractivity contribution is 7.98. The molecular weight excluding hydrogens is 1710 g/mol. The van der Waals surface area contributed by atoms with E-state index in [-0.39, 0.29) is 90.0 Å². The van der Waals surface area contributed by atoms with Gasteiger partial charge < -0.3 is 41.4 Å². The Morgan fingerprint density at radius 2 is 0.701 bits per heavy atom. The number of allylic oxidation sites excluding steroid dienone is 2. The quantitative estimate of drug-likeness (QED) is 0.0178. The van der Waals surface area contributed by atoms with Gasteiger partial charge in [-0.2, -0.15) is 24.4 Å². The fourth-order valence-corrected chi connectivity index (χ4v) is 6.55. The van der Waals surface area contributed by atoms with Crippen LogP contribution in [0.1, 0.15) is 587 Å². The second-order valence-electron chi connectivity index (χ2n) is 31.8. The highest BCUT2D eigenvalue weighted by atomic mass is 32.2. The first kappa shape index (κ1) is 214. The van der Waals surface area contributed by atoms with Crippen LogP contribution in [0.5, 0.6) is 0 Å². The van der Waals surface area contributed by atoms with Crippen LogP contribution in [-0.2, 0) is 38.4 Å². The molecule has 846 valence electrons. The molecule has 0 amide bonds. The van der Waals surface area contributed by atoms with Crippen molar-refractivity contribution < 1.29 is 19.2 Å². The van der Waals surface area contributed by atoms with Gasteiger partial charge in [0.25, 0.3) is 0 Å². The second-order valence-corrected chi connectivity index (χ2v) is 33.4. The van der Waals surface area contributed by atoms with Gasteiger partial charge in [-0.3, -0.25) is 9.98 Å². The van der Waals surface area contributed by atoms with E-state index in [1.807, 2.05) is 100 Å². The number of fused-ring (bicyclic) bond motifs is 1. The van der Waals surface area contributed by atoms with Crippen LogP contribution >= 0.6 is 24.4 Å². The molecule has 12 heteroatoms. The van der Waals surface area contributed by atoms with Gasteiger partial charge in [-0.15, -0.1) is 0 Å². The first-order valence-electron chi connectivity index (χ1n) is 52.2. The Bertz CT molecular complexity index is 2380. The van der Waals surface area contributed by atoms with E-state index in [0.717, 1.165) is 120 Å². The van der Waals surface area contributed by atoms with Crippen LogP contribution < -0.4 is 17.2 Å². The first-order valence-corrected chi connectivity index (χ1v) is 54.2. The van der Waals surface area contributed by atoms with E-state index in [2.05, 4.69) is 340 Å². The number of amidine groups is 1. The third kappa shape index (κ3) is 358. The summed E-state index contributed by atoms with van der Waals surface area (Å²) in [4.78, 5) is 51.1. The molecule has 4 aromatic rings. The van der Waals surface area contributed by atoms with Gasteiger partial charge in [-0.25, -0.2) is 0 Å². The zero-order valence-corrected chi connectivity index (χ0v) is 98.3. The van der Waals surface area contributed by atoms with Crippen molar-refractivity contribution in [2.75, 3.05) is 37.4 Å². The maximum atomic E-state index is 10.0. The summed E-state index contributed by atoms with van der Waals surface area (Å²) in [6, 6.07) is 27.5. The lowest BCUT2D eigenvalue weighted by atomic mass is 10.1. The number of para-hydroxylation sites is 1. The Morgan fingerprint density at radius 3 is 0.861 bits per heavy atom. The molecule has 5 rings (SSSR count). The van der Waals surface area contributed by atoms with Crippen LogP contribution in [0.25, 0.3) is 10.9 Å². The largest absolute Gasteiger partial charge is 0.388 e. The third-order valence-electron chi connectivity index (χ3n) is 14.2. The van der Waals surface area contributed by atoms with Gasteiger partial charge in [0.2, 0.25) is 0 Å². The van der Waals surface area contributed by atoms with Gasteiger partial charge in [0.05, 0.1) is 5.84 Å². The number of thiol groups is 1. The molecule has 1 aromatic heterocycles. The number of carbonyl (C=O) groups is 4. The summed E-state index contributed by atoms with van der Waals surface area (Å²) in [5.74, 6) is 7.47. The van der Waals surface area contributed by atoms with Crippen LogP contribution in [0.3, 0.4) is 0 Å². The topological polar surface area (TPSA) is 187 Å². The summed E-state index contributed by atoms with van der Waals surface area (Å²) in [5, 5.41) is 1.36. The molecule has 0 spiro atoms. The number of ketones is 4. The van der Waals surface area contributed by atoms with E-state index in [1.165, 1.54) is 160 Å². The zero-order chi connectivity index (χ0) is 105. The van der Waals surface area contributed by atoms with Gasteiger partial charge in [0.1, 0.15) is 23.1 Å². The normalized spacial score (nSPS) is 8.49. The van der Waals surface area contributed by atoms with E-state index < -0.39 is 0 Å². The van der Waals surface area contributed by atoms with Crippen molar-refractivity contribution in [3.8, 4) is 0 Å². The van der Waals surface area contributed by atoms with Crippen molar-refractivity contribution in [2.24, 2.45) is 50.9 Å². The number of carbonyl (C=O) groups excluding carboxylic acids is 4. The predicted molar refractivity (Wildman–Crippen MR) is 675 cm³/mol. The lowest BCUT2D eigenvalue weighted by Crippen LogP contribution is -2.05. The average Bonchev–Trinajstić information content (AvgIpc) is 1.70. The van der Waals surface area contributed by atoms with E-state index in [9.17, 15) is 19.2 Å². The molecule has 10 nitrogen and oxygen atoms in total. The predicted octanol–water partition coefficient (Wildman–Crippen LogP) is 45.0. The smallest absolute Gasteiger partial charge is 0.129 e. The number of H-pyrrole nitrogens is 1. The van der Waals surface area contributed by atoms with Crippen LogP contribution in [0.4, 0.5) is 0 Å². The SMILES string of the molecule is C.C.C.C.C.C.C.C.C.CC.CC.CC(C)C.CC(C)C.CCC.CCC.CCC(C)=O.CCC(C)=O.CCC(C)C.CCC(C)C.CCC1=CCC=N1.CCCC.CCCC(C)=O.CCCC(C)=O.CCCCC.CCCCC.CCCCCC.CCCCN=C(C)N.CCCN.CCCSC.CCN.CCS.CCc1c[nH]c2ccccc12.CCc1ccc(C)cc1.CCc1ccccc1. The highest BCUT2D eigenvalue weighted by Crippen LogP contribution is 2.17. The number of nitrogens with one attached hydrogen (secondary N) is 1. The number of Topliss-reactive ketones (excluding diaryl/α,β-unsaturated/α-hetero) is 4. The molecule has 0 saturated heterocycles. The lowest BCUT2D eigenvalue weighted by Gasteiger charge is -1.94. The van der Waals surface area contributed by atoms with Crippen molar-refractivity contribution in [2.45, 2.75) is 591 Å². The van der Waals surface area contributed by atoms with Gasteiger partial charge in [0, 0.05) is 67.7 Å². The van der Waals surface area contributed by atoms with Crippen molar-refractivity contribution in [1.29, 1.82) is 0 Å². The molecule has 3 aromatic carbocycles. The summed E-state index contributed by atoms with van der Waals surface area (Å²) in [7, 11) is 0. The number of hydrogen-bond donors (Lipinski definition) is 5. The van der Waals surface area contributed by atoms with E-state index in [0.29, 0.717) is 18.7 Å². The number of aromatic amines is 1. The second kappa shape index (κ2) is 226. The Labute approximate surface area is 887 Å². The number of aliphatic imine (C=N–C) groups is 2. The standard InChI is InChI=1S/C10H11N.C9H12.C8H10.C6H14N2.C6H9N.C6H14.2C5H10O.4C5H12.2C4H8O.C4H10S.3C4H10.C3H9N.2C3H8.C2H7N.C2H6S.2C2H6.9CH4/c1-2-8-7-11-10-6-4-3-5-9(8)10;1-3-9-6-4-8(2)5-7-9;1-2-8-6-4-3-5-7-8;1-3-4-5-8-6(2)7;1-2-6-4-3-5-7-6;1-3-5-6-4-2;2*1-3-4-5(2)6;2*1-4-5(2)3;2*1-3-5-4-2;2*1-3-4(2)5;1-3-4-5-2;2*1-4(2)3;1-3-4-2;1-2-3-4;2*1-3-2;2*1-2-3;2*1-2;;;;;;;;;/h3-7,11H,2H2,1H3;4-7H,3H2,1-2H3;3-7H,2H2,1H3;3-5H2,1-2H3,(H2,7,8);4-5H,2-3H2,1H3;3-6H2,1-2H3;2*3-4H2,1-2H3;2*5H,4H2,1-3H3;2*3-5H2,1-2H3;2*3H2,1-2H3;3-4H2,1-2H3;2*4H,1-3H3;3-4H2,1-2H3;2-4H2,1H3;2*3H2,1-2H3;2-3H2,1H3;3H,2H2,1H3;2*1-2H3;9*1H4. The van der Waals surface area contributed by atoms with Crippen LogP contribution in [0.15, 0.2) is 107 Å². The first-order chi connectivity index (χ1) is 60.6. The molecule has 0 unspecified atom stereocenters. The molecule has 1 aliphatic rings. The molecule has 0 fully saturated rings. The highest BCUT2D eigenvalue weighted by Gasteiger charge is 1.98. The van der Waals surface area contributed by atoms with Gasteiger partial charge in [-0.1, -0.05) is 544 Å². The fraction of sp³-hybridized carbons (Fsp3) is 0.776. The molecule has 0 aliphatic carbocycles. The number of thioether (sulfide) groups is 1. The van der Waals surface area contributed by atoms with Crippen LogP contribution in [0.2, 0.25) is 0 Å². The minimum Gasteiger partial charge on any atom is -0.388 e. The number of unbranched alkanes of at least 4 members (excludes halogenated alkanes) is 9. The van der Waals surface area contributed by atoms with Crippen molar-refractivity contribution >= 4 is 70.5 Å². The third-order valence-corrected chi connectivity index (χ3v) is 15.0. The monoisotopic (exact) mass is 1990 g/mol. The molecule has 0 bridgehead atoms. The van der Waals surface area contributed by atoms with Crippen LogP contribution in [-0.4, -0.2) is 77.6 Å². The number of aryl methyl sites for hydroxylation is 4. The Kier molecular flexibility index (Phi) is 353. The molecule has 1 aliphatic heterocycles. The number of hydrogen-bond acceptors (Lipinski definition) is 10. The number of nitrogens with zero attached hydrogens (tertiary/aromatic N) is 2. The number of benzene rings is 3. The molecule has 0 atom stereocenters. The summed E-state index contributed by atoms with van der Waals surface area (Å²) in [6.07, 6.45) is 44.8. The number of rotatable bonds is 26. The molecule has 7 N–H and O–H groups in total. The van der Waals surface area contributed by atoms with E-state index in [4.69, 9.17) is 17.2 Å². The molecule has 137 heavy (non-hydrogen) atoms. The van der Waals surface area contributed by atoms with Gasteiger partial charge >= 0.3 is 0 Å². The minimum absolute atomic E-state index is 0. The van der Waals surface area contributed by atoms with E-state index >= 15 is 0 Å². The summed E-state index contributed by atoms with van der Waals surface area (Å²) in [6.45, 7) is 99.8. The van der Waals surface area contributed by atoms with E-state index in [1.54, 1.807) is 27.7 Å². The van der Waals surface area contributed by atoms with Crippen molar-refractivity contribution in [3.05, 3.63) is 119 Å². The lowest BCUT2D eigenvalue weighted by molar-refractivity contribution is -0.117. The maximum Gasteiger partial charge on any atom is 0.129 e. The summed E-state index contributed by atoms with van der Waals surface area (Å²) >= 11 is 5.69. The molecular formula is C125H280N6O4S2. The van der Waals surface area contributed by atoms with Crippen molar-refractivity contribution in [3.63, 3.8) is 0 Å². The minimum atomic E-state index is 0. The number of nitrogens with two attached hydrogens (primary N) is 3. The molecule has 2 heterocycles. The zero-order valence-electron chi connectivity index (χ0n) is 96.6. The fourth-order valence-electron chi connectivity index (χ4n) is 6.14. The number of aromatic nitrogens is 1. The maximum absolute atomic E-state index is 10.0.